The lowest BCUT2D eigenvalue weighted by molar-refractivity contribution is -0.116. The molecule has 7 nitrogen and oxygen atoms in total. The van der Waals surface area contributed by atoms with Gasteiger partial charge in [-0.25, -0.2) is 8.42 Å². The first-order valence-electron chi connectivity index (χ1n) is 7.62. The number of benzene rings is 2. The molecule has 0 aliphatic carbocycles. The van der Waals surface area contributed by atoms with E-state index >= 15 is 0 Å². The van der Waals surface area contributed by atoms with Gasteiger partial charge in [-0.1, -0.05) is 12.1 Å². The molecule has 0 spiro atoms. The van der Waals surface area contributed by atoms with E-state index < -0.39 is 15.9 Å². The van der Waals surface area contributed by atoms with Crippen molar-refractivity contribution < 1.29 is 18.0 Å². The minimum Gasteiger partial charge on any atom is -0.366 e. The summed E-state index contributed by atoms with van der Waals surface area (Å²) in [6.07, 6.45) is 0.593. The maximum atomic E-state index is 12.6. The van der Waals surface area contributed by atoms with E-state index in [-0.39, 0.29) is 22.1 Å². The molecular formula is C17H17N3O4S. The van der Waals surface area contributed by atoms with Gasteiger partial charge >= 0.3 is 0 Å². The largest absolute Gasteiger partial charge is 0.366 e. The summed E-state index contributed by atoms with van der Waals surface area (Å²) in [5.41, 5.74) is 7.02. The number of fused-ring (bicyclic) bond motifs is 1. The molecule has 3 N–H and O–H groups in total. The molecular weight excluding hydrogens is 342 g/mol. The summed E-state index contributed by atoms with van der Waals surface area (Å²) in [6.45, 7) is 2.01. The zero-order valence-electron chi connectivity index (χ0n) is 13.5. The van der Waals surface area contributed by atoms with E-state index in [1.165, 1.54) is 25.1 Å². The van der Waals surface area contributed by atoms with Crippen molar-refractivity contribution in [3.05, 3.63) is 53.6 Å². The molecule has 0 saturated heterocycles. The van der Waals surface area contributed by atoms with Crippen molar-refractivity contribution >= 4 is 33.2 Å². The normalized spacial score (nSPS) is 13.4. The molecule has 8 heteroatoms. The Hall–Kier alpha value is -2.87. The van der Waals surface area contributed by atoms with E-state index in [1.54, 1.807) is 29.2 Å². The minimum atomic E-state index is -3.89. The van der Waals surface area contributed by atoms with Crippen molar-refractivity contribution in [2.45, 2.75) is 18.2 Å². The first kappa shape index (κ1) is 17.0. The third kappa shape index (κ3) is 3.20. The van der Waals surface area contributed by atoms with Gasteiger partial charge in [-0.05, 0) is 42.3 Å². The number of amides is 2. The monoisotopic (exact) mass is 359 g/mol. The quantitative estimate of drug-likeness (QED) is 0.862. The fourth-order valence-electron chi connectivity index (χ4n) is 2.86. The van der Waals surface area contributed by atoms with Crippen LogP contribution in [0, 0.1) is 0 Å². The van der Waals surface area contributed by atoms with Crippen LogP contribution in [0.5, 0.6) is 0 Å². The van der Waals surface area contributed by atoms with Crippen molar-refractivity contribution in [1.29, 1.82) is 0 Å². The highest BCUT2D eigenvalue weighted by Crippen LogP contribution is 2.31. The molecule has 0 unspecified atom stereocenters. The summed E-state index contributed by atoms with van der Waals surface area (Å²) >= 11 is 0. The standard InChI is InChI=1S/C17H17N3O4S/c1-11(21)20-9-8-12-10-13(6-7-16(12)20)25(23,24)19-15-5-3-2-4-14(15)17(18)22/h2-7,10,19H,8-9H2,1H3,(H2,18,22). The number of carbonyl (C=O) groups is 2. The SMILES string of the molecule is CC(=O)N1CCc2cc(S(=O)(=O)Nc3ccccc3C(N)=O)ccc21. The van der Waals surface area contributed by atoms with E-state index in [4.69, 9.17) is 5.73 Å². The molecule has 0 radical (unpaired) electrons. The molecule has 0 atom stereocenters. The van der Waals surface area contributed by atoms with E-state index in [9.17, 15) is 18.0 Å². The second-order valence-electron chi connectivity index (χ2n) is 5.73. The molecule has 1 heterocycles. The molecule has 25 heavy (non-hydrogen) atoms. The zero-order chi connectivity index (χ0) is 18.2. The van der Waals surface area contributed by atoms with Crippen LogP contribution in [0.15, 0.2) is 47.4 Å². The summed E-state index contributed by atoms with van der Waals surface area (Å²) in [5, 5.41) is 0. The van der Waals surface area contributed by atoms with Crippen molar-refractivity contribution in [2.75, 3.05) is 16.2 Å². The Morgan fingerprint density at radius 3 is 2.56 bits per heavy atom. The number of sulfonamides is 1. The number of para-hydroxylation sites is 1. The molecule has 0 fully saturated rings. The Bertz CT molecular complexity index is 970. The van der Waals surface area contributed by atoms with E-state index in [2.05, 4.69) is 4.72 Å². The molecule has 2 amide bonds. The van der Waals surface area contributed by atoms with Crippen molar-refractivity contribution in [3.63, 3.8) is 0 Å². The Morgan fingerprint density at radius 2 is 1.88 bits per heavy atom. The number of carbonyl (C=O) groups excluding carboxylic acids is 2. The van der Waals surface area contributed by atoms with Crippen LogP contribution < -0.4 is 15.4 Å². The first-order chi connectivity index (χ1) is 11.8. The van der Waals surface area contributed by atoms with Gasteiger partial charge < -0.3 is 10.6 Å². The molecule has 0 saturated carbocycles. The second-order valence-corrected chi connectivity index (χ2v) is 7.41. The highest BCUT2D eigenvalue weighted by molar-refractivity contribution is 7.92. The number of nitrogens with two attached hydrogens (primary N) is 1. The van der Waals surface area contributed by atoms with Crippen LogP contribution in [0.25, 0.3) is 0 Å². The van der Waals surface area contributed by atoms with Crippen LogP contribution in [0.3, 0.4) is 0 Å². The van der Waals surface area contributed by atoms with E-state index in [1.807, 2.05) is 0 Å². The summed E-state index contributed by atoms with van der Waals surface area (Å²) in [6, 6.07) is 10.7. The number of anilines is 2. The predicted molar refractivity (Wildman–Crippen MR) is 93.9 cm³/mol. The minimum absolute atomic E-state index is 0.0657. The maximum Gasteiger partial charge on any atom is 0.261 e. The van der Waals surface area contributed by atoms with Gasteiger partial charge in [0.05, 0.1) is 16.1 Å². The topological polar surface area (TPSA) is 110 Å². The van der Waals surface area contributed by atoms with Crippen molar-refractivity contribution in [3.8, 4) is 0 Å². The first-order valence-corrected chi connectivity index (χ1v) is 9.10. The Morgan fingerprint density at radius 1 is 1.16 bits per heavy atom. The lowest BCUT2D eigenvalue weighted by Crippen LogP contribution is -2.25. The van der Waals surface area contributed by atoms with Crippen LogP contribution in [-0.4, -0.2) is 26.8 Å². The number of nitrogens with one attached hydrogen (secondary N) is 1. The summed E-state index contributed by atoms with van der Waals surface area (Å²) < 4.78 is 27.7. The number of nitrogens with zero attached hydrogens (tertiary/aromatic N) is 1. The lowest BCUT2D eigenvalue weighted by atomic mass is 10.2. The molecule has 2 aromatic carbocycles. The summed E-state index contributed by atoms with van der Waals surface area (Å²) in [4.78, 5) is 24.7. The van der Waals surface area contributed by atoms with Gasteiger partial charge in [-0.3, -0.25) is 14.3 Å². The third-order valence-electron chi connectivity index (χ3n) is 4.07. The van der Waals surface area contributed by atoms with Crippen LogP contribution in [0.2, 0.25) is 0 Å². The number of hydrogen-bond acceptors (Lipinski definition) is 4. The molecule has 3 rings (SSSR count). The smallest absolute Gasteiger partial charge is 0.261 e. The number of rotatable bonds is 4. The van der Waals surface area contributed by atoms with Crippen molar-refractivity contribution in [2.24, 2.45) is 5.73 Å². The van der Waals surface area contributed by atoms with Gasteiger partial charge in [0.15, 0.2) is 0 Å². The summed E-state index contributed by atoms with van der Waals surface area (Å²) in [7, 11) is -3.89. The molecule has 1 aliphatic rings. The van der Waals surface area contributed by atoms with Gasteiger partial charge in [0.1, 0.15) is 0 Å². The van der Waals surface area contributed by atoms with Crippen LogP contribution in [0.4, 0.5) is 11.4 Å². The predicted octanol–water partition coefficient (Wildman–Crippen LogP) is 1.50. The van der Waals surface area contributed by atoms with Crippen molar-refractivity contribution in [1.82, 2.24) is 0 Å². The maximum absolute atomic E-state index is 12.6. The van der Waals surface area contributed by atoms with Crippen LogP contribution >= 0.6 is 0 Å². The summed E-state index contributed by atoms with van der Waals surface area (Å²) in [5.74, 6) is -0.799. The third-order valence-corrected chi connectivity index (χ3v) is 5.44. The zero-order valence-corrected chi connectivity index (χ0v) is 14.3. The Kier molecular flexibility index (Phi) is 4.22. The number of primary amides is 1. The second kappa shape index (κ2) is 6.21. The molecule has 0 aromatic heterocycles. The Labute approximate surface area is 145 Å². The van der Waals surface area contributed by atoms with Gasteiger partial charge in [-0.2, -0.15) is 0 Å². The Balaban J connectivity index is 1.95. The molecule has 1 aliphatic heterocycles. The average molecular weight is 359 g/mol. The van der Waals surface area contributed by atoms with E-state index in [0.717, 1.165) is 11.3 Å². The molecule has 130 valence electrons. The van der Waals surface area contributed by atoms with E-state index in [0.29, 0.717) is 13.0 Å². The van der Waals surface area contributed by atoms with Gasteiger partial charge in [-0.15, -0.1) is 0 Å². The molecule has 0 bridgehead atoms. The molecule has 2 aromatic rings. The lowest BCUT2D eigenvalue weighted by Gasteiger charge is -2.15. The highest BCUT2D eigenvalue weighted by atomic mass is 32.2. The average Bonchev–Trinajstić information content (AvgIpc) is 2.98. The van der Waals surface area contributed by atoms with Gasteiger partial charge in [0.2, 0.25) is 5.91 Å². The van der Waals surface area contributed by atoms with Crippen LogP contribution in [-0.2, 0) is 21.2 Å². The number of hydrogen-bond donors (Lipinski definition) is 2. The fourth-order valence-corrected chi connectivity index (χ4v) is 3.99. The highest BCUT2D eigenvalue weighted by Gasteiger charge is 2.25. The fraction of sp³-hybridized carbons (Fsp3) is 0.176. The van der Waals surface area contributed by atoms with Gasteiger partial charge in [0.25, 0.3) is 15.9 Å². The van der Waals surface area contributed by atoms with Gasteiger partial charge in [0, 0.05) is 19.2 Å². The van der Waals surface area contributed by atoms with Crippen LogP contribution in [0.1, 0.15) is 22.8 Å².